The Balaban J connectivity index is 1.36. The van der Waals surface area contributed by atoms with Crippen LogP contribution in [0.15, 0.2) is 22.7 Å². The summed E-state index contributed by atoms with van der Waals surface area (Å²) < 4.78 is 13.8. The fourth-order valence-electron chi connectivity index (χ4n) is 3.20. The minimum absolute atomic E-state index is 0.0523. The molecule has 2 aliphatic rings. The van der Waals surface area contributed by atoms with Crippen LogP contribution < -0.4 is 10.6 Å². The lowest BCUT2D eigenvalue weighted by Crippen LogP contribution is -2.45. The lowest BCUT2D eigenvalue weighted by atomic mass is 10.0. The van der Waals surface area contributed by atoms with E-state index in [4.69, 9.17) is 0 Å². The van der Waals surface area contributed by atoms with Gasteiger partial charge in [0.1, 0.15) is 5.82 Å². The molecule has 25 heavy (non-hydrogen) atoms. The molecule has 2 amide bonds. The molecule has 0 aromatic heterocycles. The van der Waals surface area contributed by atoms with Crippen LogP contribution in [0.2, 0.25) is 0 Å². The average molecular weight is 412 g/mol. The van der Waals surface area contributed by atoms with Gasteiger partial charge < -0.3 is 15.5 Å². The predicted molar refractivity (Wildman–Crippen MR) is 96.8 cm³/mol. The van der Waals surface area contributed by atoms with Crippen molar-refractivity contribution in [2.24, 2.45) is 0 Å². The molecule has 136 valence electrons. The number of hydrogen-bond donors (Lipinski definition) is 2. The van der Waals surface area contributed by atoms with Gasteiger partial charge in [-0.15, -0.1) is 0 Å². The smallest absolute Gasteiger partial charge is 0.252 e. The molecule has 0 radical (unpaired) electrons. The highest BCUT2D eigenvalue weighted by Crippen LogP contribution is 2.29. The minimum Gasteiger partial charge on any atom is -0.353 e. The van der Waals surface area contributed by atoms with Gasteiger partial charge in [-0.1, -0.05) is 0 Å². The number of amides is 2. The zero-order valence-corrected chi connectivity index (χ0v) is 15.6. The van der Waals surface area contributed by atoms with E-state index in [1.165, 1.54) is 31.0 Å². The highest BCUT2D eigenvalue weighted by Gasteiger charge is 2.32. The van der Waals surface area contributed by atoms with Crippen LogP contribution in [0.25, 0.3) is 0 Å². The zero-order chi connectivity index (χ0) is 17.8. The third kappa shape index (κ3) is 5.25. The van der Waals surface area contributed by atoms with Crippen LogP contribution in [0, 0.1) is 5.82 Å². The van der Waals surface area contributed by atoms with Crippen LogP contribution in [0.5, 0.6) is 0 Å². The molecule has 1 saturated heterocycles. The molecule has 0 bridgehead atoms. The SMILES string of the molecule is O=C(CCNC(=O)c1cc(F)ccc1Br)NC1CCN(C2CC2)CC1. The predicted octanol–water partition coefficient (Wildman–Crippen LogP) is 2.45. The van der Waals surface area contributed by atoms with E-state index < -0.39 is 11.7 Å². The van der Waals surface area contributed by atoms with Crippen LogP contribution in [-0.2, 0) is 4.79 Å². The second-order valence-electron chi connectivity index (χ2n) is 6.74. The first-order chi connectivity index (χ1) is 12.0. The van der Waals surface area contributed by atoms with Gasteiger partial charge in [-0.3, -0.25) is 9.59 Å². The monoisotopic (exact) mass is 411 g/mol. The Hall–Kier alpha value is -1.47. The van der Waals surface area contributed by atoms with Crippen molar-refractivity contribution in [2.45, 2.75) is 44.2 Å². The van der Waals surface area contributed by atoms with Crippen LogP contribution in [0.3, 0.4) is 0 Å². The number of hydrogen-bond acceptors (Lipinski definition) is 3. The molecule has 1 aliphatic heterocycles. The van der Waals surface area contributed by atoms with Crippen molar-refractivity contribution >= 4 is 27.7 Å². The Bertz CT molecular complexity index is 643. The van der Waals surface area contributed by atoms with Crippen molar-refractivity contribution < 1.29 is 14.0 Å². The summed E-state index contributed by atoms with van der Waals surface area (Å²) >= 11 is 3.23. The van der Waals surface area contributed by atoms with Gasteiger partial charge >= 0.3 is 0 Å². The highest BCUT2D eigenvalue weighted by atomic mass is 79.9. The Kier molecular flexibility index (Phi) is 6.06. The molecule has 1 aliphatic carbocycles. The topological polar surface area (TPSA) is 61.4 Å². The summed E-state index contributed by atoms with van der Waals surface area (Å²) in [5.41, 5.74) is 0.229. The largest absolute Gasteiger partial charge is 0.353 e. The number of nitrogens with zero attached hydrogens (tertiary/aromatic N) is 1. The number of carbonyl (C=O) groups is 2. The molecule has 1 aromatic carbocycles. The van der Waals surface area contributed by atoms with Gasteiger partial charge in [-0.05, 0) is 59.8 Å². The number of piperidine rings is 1. The normalized spacial score (nSPS) is 18.8. The molecular formula is C18H23BrFN3O2. The Morgan fingerprint density at radius 2 is 1.92 bits per heavy atom. The molecule has 7 heteroatoms. The fourth-order valence-corrected chi connectivity index (χ4v) is 3.63. The molecule has 3 rings (SSSR count). The second kappa shape index (κ2) is 8.27. The molecule has 0 spiro atoms. The first-order valence-corrected chi connectivity index (χ1v) is 9.59. The van der Waals surface area contributed by atoms with Crippen molar-refractivity contribution in [1.29, 1.82) is 0 Å². The summed E-state index contributed by atoms with van der Waals surface area (Å²) in [6, 6.07) is 4.96. The van der Waals surface area contributed by atoms with E-state index in [0.29, 0.717) is 4.47 Å². The number of benzene rings is 1. The maximum Gasteiger partial charge on any atom is 0.252 e. The van der Waals surface area contributed by atoms with Crippen LogP contribution >= 0.6 is 15.9 Å². The summed E-state index contributed by atoms with van der Waals surface area (Å²) in [7, 11) is 0. The quantitative estimate of drug-likeness (QED) is 0.755. The lowest BCUT2D eigenvalue weighted by molar-refractivity contribution is -0.122. The fraction of sp³-hybridized carbons (Fsp3) is 0.556. The first kappa shape index (κ1) is 18.3. The van der Waals surface area contributed by atoms with E-state index >= 15 is 0 Å². The van der Waals surface area contributed by atoms with E-state index in [1.807, 2.05) is 0 Å². The number of carbonyl (C=O) groups excluding carboxylic acids is 2. The average Bonchev–Trinajstić information content (AvgIpc) is 3.42. The first-order valence-electron chi connectivity index (χ1n) is 8.79. The maximum absolute atomic E-state index is 13.2. The summed E-state index contributed by atoms with van der Waals surface area (Å²) in [4.78, 5) is 26.6. The molecular weight excluding hydrogens is 389 g/mol. The molecule has 2 fully saturated rings. The molecule has 1 aromatic rings. The van der Waals surface area contributed by atoms with Gasteiger partial charge in [0.2, 0.25) is 5.91 Å². The van der Waals surface area contributed by atoms with Crippen molar-refractivity contribution in [3.63, 3.8) is 0 Å². The van der Waals surface area contributed by atoms with E-state index in [9.17, 15) is 14.0 Å². The molecule has 1 saturated carbocycles. The summed E-state index contributed by atoms with van der Waals surface area (Å²) in [6.45, 7) is 2.34. The zero-order valence-electron chi connectivity index (χ0n) is 14.1. The molecule has 0 atom stereocenters. The highest BCUT2D eigenvalue weighted by molar-refractivity contribution is 9.10. The van der Waals surface area contributed by atoms with Crippen molar-refractivity contribution in [3.05, 3.63) is 34.1 Å². The van der Waals surface area contributed by atoms with Gasteiger partial charge in [-0.25, -0.2) is 4.39 Å². The number of nitrogens with one attached hydrogen (secondary N) is 2. The molecule has 1 heterocycles. The van der Waals surface area contributed by atoms with Crippen LogP contribution in [0.4, 0.5) is 4.39 Å². The van der Waals surface area contributed by atoms with Crippen LogP contribution in [-0.4, -0.2) is 48.4 Å². The van der Waals surface area contributed by atoms with Gasteiger partial charge in [0.25, 0.3) is 5.91 Å². The van der Waals surface area contributed by atoms with Gasteiger partial charge in [0, 0.05) is 42.6 Å². The Labute approximate surface area is 155 Å². The Morgan fingerprint density at radius 1 is 1.20 bits per heavy atom. The standard InChI is InChI=1S/C18H23BrFN3O2/c19-16-4-1-12(20)11-15(16)18(25)21-8-5-17(24)22-13-6-9-23(10-7-13)14-2-3-14/h1,4,11,13-14H,2-3,5-10H2,(H,21,25)(H,22,24). The van der Waals surface area contributed by atoms with E-state index in [1.54, 1.807) is 0 Å². The maximum atomic E-state index is 13.2. The van der Waals surface area contributed by atoms with Gasteiger partial charge in [-0.2, -0.15) is 0 Å². The lowest BCUT2D eigenvalue weighted by Gasteiger charge is -2.32. The van der Waals surface area contributed by atoms with Gasteiger partial charge in [0.05, 0.1) is 5.56 Å². The molecule has 2 N–H and O–H groups in total. The van der Waals surface area contributed by atoms with Crippen molar-refractivity contribution in [3.8, 4) is 0 Å². The third-order valence-corrected chi connectivity index (χ3v) is 5.46. The van der Waals surface area contributed by atoms with E-state index in [0.717, 1.165) is 32.0 Å². The minimum atomic E-state index is -0.469. The number of halogens is 2. The van der Waals surface area contributed by atoms with Crippen molar-refractivity contribution in [2.75, 3.05) is 19.6 Å². The summed E-state index contributed by atoms with van der Waals surface area (Å²) in [5.74, 6) is -0.913. The van der Waals surface area contributed by atoms with Crippen molar-refractivity contribution in [1.82, 2.24) is 15.5 Å². The summed E-state index contributed by atoms with van der Waals surface area (Å²) in [5, 5.41) is 5.71. The van der Waals surface area contributed by atoms with Crippen LogP contribution in [0.1, 0.15) is 42.5 Å². The molecule has 5 nitrogen and oxygen atoms in total. The molecule has 0 unspecified atom stereocenters. The van der Waals surface area contributed by atoms with E-state index in [2.05, 4.69) is 31.5 Å². The number of rotatable bonds is 6. The third-order valence-electron chi connectivity index (χ3n) is 4.77. The summed E-state index contributed by atoms with van der Waals surface area (Å²) in [6.07, 6.45) is 4.84. The van der Waals surface area contributed by atoms with E-state index in [-0.39, 0.29) is 30.5 Å². The number of likely N-dealkylation sites (tertiary alicyclic amines) is 1. The second-order valence-corrected chi connectivity index (χ2v) is 7.59. The van der Waals surface area contributed by atoms with Gasteiger partial charge in [0.15, 0.2) is 0 Å². The Morgan fingerprint density at radius 3 is 2.60 bits per heavy atom.